The van der Waals surface area contributed by atoms with Gasteiger partial charge in [-0.3, -0.25) is 9.98 Å². The molecule has 1 aliphatic heterocycles. The Bertz CT molecular complexity index is 939. The maximum absolute atomic E-state index is 12.2. The summed E-state index contributed by atoms with van der Waals surface area (Å²) in [5.74, 6) is 0.958. The highest BCUT2D eigenvalue weighted by molar-refractivity contribution is 7.89. The van der Waals surface area contributed by atoms with Crippen LogP contribution in [-0.2, 0) is 16.6 Å². The van der Waals surface area contributed by atoms with Gasteiger partial charge in [0, 0.05) is 44.5 Å². The first-order valence-electron chi connectivity index (χ1n) is 10.5. The largest absolute Gasteiger partial charge is 0.354 e. The molecule has 0 aliphatic carbocycles. The average molecular weight is 430 g/mol. The van der Waals surface area contributed by atoms with Gasteiger partial charge >= 0.3 is 0 Å². The predicted octanol–water partition coefficient (Wildman–Crippen LogP) is 2.62. The van der Waals surface area contributed by atoms with Gasteiger partial charge in [0.15, 0.2) is 5.96 Å². The van der Waals surface area contributed by atoms with E-state index in [2.05, 4.69) is 38.8 Å². The minimum absolute atomic E-state index is 0.212. The first kappa shape index (κ1) is 22.2. The smallest absolute Gasteiger partial charge is 0.214 e. The van der Waals surface area contributed by atoms with Crippen LogP contribution < -0.4 is 10.6 Å². The number of sulfonamides is 1. The van der Waals surface area contributed by atoms with Crippen LogP contribution in [0.2, 0.25) is 0 Å². The maximum Gasteiger partial charge on any atom is 0.214 e. The van der Waals surface area contributed by atoms with Crippen LogP contribution in [0.1, 0.15) is 31.7 Å². The molecule has 0 spiro atoms. The fourth-order valence-corrected chi connectivity index (χ4v) is 5.15. The van der Waals surface area contributed by atoms with Crippen molar-refractivity contribution in [1.29, 1.82) is 0 Å². The summed E-state index contributed by atoms with van der Waals surface area (Å²) in [6, 6.07) is 14.4. The van der Waals surface area contributed by atoms with Crippen LogP contribution in [0.25, 0.3) is 11.3 Å². The number of nitrogens with one attached hydrogen (secondary N) is 2. The standard InChI is InChI=1S/C22H31N5O2S/c1-3-15-30(28,29)27-13-10-20(11-14-27)26-22(23-2)25-17-18-7-6-8-19(16-18)21-9-4-5-12-24-21/h4-9,12,16,20H,3,10-11,13-15,17H2,1-2H3,(H2,23,25,26). The first-order chi connectivity index (χ1) is 14.5. The highest BCUT2D eigenvalue weighted by Crippen LogP contribution is 2.18. The van der Waals surface area contributed by atoms with Crippen LogP contribution in [0.3, 0.4) is 0 Å². The summed E-state index contributed by atoms with van der Waals surface area (Å²) in [5, 5.41) is 6.79. The zero-order valence-electron chi connectivity index (χ0n) is 17.7. The third-order valence-corrected chi connectivity index (χ3v) is 7.30. The Morgan fingerprint density at radius 3 is 2.67 bits per heavy atom. The van der Waals surface area contributed by atoms with Gasteiger partial charge in [-0.05, 0) is 43.0 Å². The quantitative estimate of drug-likeness (QED) is 0.522. The number of rotatable bonds is 7. The summed E-state index contributed by atoms with van der Waals surface area (Å²) in [6.45, 7) is 3.66. The normalized spacial score (nSPS) is 16.4. The number of aliphatic imine (C=N–C) groups is 1. The fourth-order valence-electron chi connectivity index (χ4n) is 3.61. The van der Waals surface area contributed by atoms with E-state index in [4.69, 9.17) is 0 Å². The lowest BCUT2D eigenvalue weighted by molar-refractivity contribution is 0.306. The molecule has 7 nitrogen and oxygen atoms in total. The number of hydrogen-bond donors (Lipinski definition) is 2. The van der Waals surface area contributed by atoms with Crippen molar-refractivity contribution in [3.8, 4) is 11.3 Å². The number of nitrogens with zero attached hydrogens (tertiary/aromatic N) is 3. The first-order valence-corrected chi connectivity index (χ1v) is 12.1. The lowest BCUT2D eigenvalue weighted by Crippen LogP contribution is -2.49. The summed E-state index contributed by atoms with van der Waals surface area (Å²) >= 11 is 0. The summed E-state index contributed by atoms with van der Waals surface area (Å²) in [4.78, 5) is 8.74. The molecule has 8 heteroatoms. The Balaban J connectivity index is 1.52. The van der Waals surface area contributed by atoms with Gasteiger partial charge in [-0.1, -0.05) is 31.2 Å². The molecule has 0 unspecified atom stereocenters. The van der Waals surface area contributed by atoms with Crippen LogP contribution in [0.15, 0.2) is 53.7 Å². The van der Waals surface area contributed by atoms with Crippen LogP contribution in [0.5, 0.6) is 0 Å². The molecule has 1 aromatic heterocycles. The number of pyridine rings is 1. The van der Waals surface area contributed by atoms with Gasteiger partial charge in [0.05, 0.1) is 11.4 Å². The summed E-state index contributed by atoms with van der Waals surface area (Å²) in [6.07, 6.45) is 4.00. The molecule has 1 aliphatic rings. The Labute approximate surface area is 179 Å². The Morgan fingerprint density at radius 2 is 2.00 bits per heavy atom. The summed E-state index contributed by atoms with van der Waals surface area (Å²) < 4.78 is 26.1. The lowest BCUT2D eigenvalue weighted by atomic mass is 10.1. The molecule has 1 saturated heterocycles. The molecule has 2 aromatic rings. The third kappa shape index (κ3) is 6.03. The molecule has 2 N–H and O–H groups in total. The molecule has 0 radical (unpaired) electrons. The second-order valence-electron chi connectivity index (χ2n) is 7.47. The minimum atomic E-state index is -3.11. The van der Waals surface area contributed by atoms with Gasteiger partial charge in [0.25, 0.3) is 0 Å². The Hall–Kier alpha value is -2.45. The number of benzene rings is 1. The Kier molecular flexibility index (Phi) is 7.81. The zero-order chi connectivity index (χ0) is 21.4. The topological polar surface area (TPSA) is 86.7 Å². The molecule has 2 heterocycles. The van der Waals surface area contributed by atoms with Gasteiger partial charge in [0.2, 0.25) is 10.0 Å². The van der Waals surface area contributed by atoms with Crippen molar-refractivity contribution in [3.63, 3.8) is 0 Å². The second-order valence-corrected chi connectivity index (χ2v) is 9.56. The van der Waals surface area contributed by atoms with Gasteiger partial charge in [0.1, 0.15) is 0 Å². The molecule has 1 aromatic carbocycles. The van der Waals surface area contributed by atoms with E-state index in [1.54, 1.807) is 17.5 Å². The minimum Gasteiger partial charge on any atom is -0.354 e. The molecular weight excluding hydrogens is 398 g/mol. The summed E-state index contributed by atoms with van der Waals surface area (Å²) in [5.41, 5.74) is 3.17. The summed E-state index contributed by atoms with van der Waals surface area (Å²) in [7, 11) is -1.36. The van der Waals surface area contributed by atoms with Crippen LogP contribution in [0.4, 0.5) is 0 Å². The number of piperidine rings is 1. The highest BCUT2D eigenvalue weighted by atomic mass is 32.2. The maximum atomic E-state index is 12.2. The fraction of sp³-hybridized carbons (Fsp3) is 0.455. The second kappa shape index (κ2) is 10.5. The van der Waals surface area contributed by atoms with Gasteiger partial charge < -0.3 is 10.6 Å². The monoisotopic (exact) mass is 429 g/mol. The van der Waals surface area contributed by atoms with Gasteiger partial charge in [-0.2, -0.15) is 0 Å². The zero-order valence-corrected chi connectivity index (χ0v) is 18.5. The van der Waals surface area contributed by atoms with E-state index in [9.17, 15) is 8.42 Å². The molecule has 3 rings (SSSR count). The highest BCUT2D eigenvalue weighted by Gasteiger charge is 2.27. The number of hydrogen-bond acceptors (Lipinski definition) is 4. The van der Waals surface area contributed by atoms with E-state index in [-0.39, 0.29) is 11.8 Å². The van der Waals surface area contributed by atoms with Crippen molar-refractivity contribution in [2.45, 2.75) is 38.8 Å². The van der Waals surface area contributed by atoms with Crippen molar-refractivity contribution in [3.05, 3.63) is 54.2 Å². The van der Waals surface area contributed by atoms with Crippen LogP contribution in [0, 0.1) is 0 Å². The van der Waals surface area contributed by atoms with E-state index >= 15 is 0 Å². The molecule has 1 fully saturated rings. The van der Waals surface area contributed by atoms with Crippen molar-refractivity contribution in [2.24, 2.45) is 4.99 Å². The van der Waals surface area contributed by atoms with Gasteiger partial charge in [-0.25, -0.2) is 12.7 Å². The van der Waals surface area contributed by atoms with E-state index < -0.39 is 10.0 Å². The molecule has 0 saturated carbocycles. The molecular formula is C22H31N5O2S. The van der Waals surface area contributed by atoms with Crippen molar-refractivity contribution >= 4 is 16.0 Å². The number of aromatic nitrogens is 1. The molecule has 0 atom stereocenters. The third-order valence-electron chi connectivity index (χ3n) is 5.22. The van der Waals surface area contributed by atoms with E-state index in [1.807, 2.05) is 31.2 Å². The van der Waals surface area contributed by atoms with Crippen LogP contribution in [-0.4, -0.2) is 55.6 Å². The van der Waals surface area contributed by atoms with E-state index in [1.165, 1.54) is 0 Å². The molecule has 0 amide bonds. The molecule has 162 valence electrons. The average Bonchev–Trinajstić information content (AvgIpc) is 2.78. The molecule has 30 heavy (non-hydrogen) atoms. The van der Waals surface area contributed by atoms with Crippen molar-refractivity contribution in [1.82, 2.24) is 19.9 Å². The van der Waals surface area contributed by atoms with Crippen molar-refractivity contribution in [2.75, 3.05) is 25.9 Å². The SMILES string of the molecule is CCCS(=O)(=O)N1CCC(NC(=NC)NCc2cccc(-c3ccccn3)c2)CC1. The molecule has 0 bridgehead atoms. The van der Waals surface area contributed by atoms with E-state index in [0.717, 1.165) is 35.6 Å². The van der Waals surface area contributed by atoms with Crippen molar-refractivity contribution < 1.29 is 8.42 Å². The van der Waals surface area contributed by atoms with Crippen LogP contribution >= 0.6 is 0 Å². The van der Waals surface area contributed by atoms with Gasteiger partial charge in [-0.15, -0.1) is 0 Å². The Morgan fingerprint density at radius 1 is 1.20 bits per heavy atom. The lowest BCUT2D eigenvalue weighted by Gasteiger charge is -2.32. The van der Waals surface area contributed by atoms with E-state index in [0.29, 0.717) is 26.1 Å². The number of guanidine groups is 1. The predicted molar refractivity (Wildman–Crippen MR) is 122 cm³/mol.